The van der Waals surface area contributed by atoms with Crippen LogP contribution in [0.2, 0.25) is 0 Å². The molecule has 0 aliphatic rings. The highest BCUT2D eigenvalue weighted by Gasteiger charge is 2.02. The molecule has 0 aromatic carbocycles. The van der Waals surface area contributed by atoms with Gasteiger partial charge in [-0.2, -0.15) is 0 Å². The number of rotatable bonds is 5. The first kappa shape index (κ1) is 15.5. The Morgan fingerprint density at radius 2 is 1.79 bits per heavy atom. The summed E-state index contributed by atoms with van der Waals surface area (Å²) in [4.78, 5) is 0. The molecule has 0 N–H and O–H groups in total. The average Bonchev–Trinajstić information content (AvgIpc) is 2.20. The van der Waals surface area contributed by atoms with Crippen molar-refractivity contribution in [2.75, 3.05) is 6.61 Å². The van der Waals surface area contributed by atoms with Crippen molar-refractivity contribution in [3.63, 3.8) is 0 Å². The van der Waals surface area contributed by atoms with E-state index >= 15 is 0 Å². The van der Waals surface area contributed by atoms with Gasteiger partial charge in [-0.15, -0.1) is 0 Å². The monoisotopic (exact) mass is 196 g/mol. The van der Waals surface area contributed by atoms with Crippen molar-refractivity contribution in [2.24, 2.45) is 0 Å². The van der Waals surface area contributed by atoms with Crippen molar-refractivity contribution >= 4 is 0 Å². The zero-order valence-electron chi connectivity index (χ0n) is 10.3. The van der Waals surface area contributed by atoms with E-state index in [9.17, 15) is 0 Å². The van der Waals surface area contributed by atoms with Crippen LogP contribution in [0.4, 0.5) is 0 Å². The van der Waals surface area contributed by atoms with E-state index < -0.39 is 0 Å². The Bertz CT molecular complexity index is 199. The lowest BCUT2D eigenvalue weighted by Crippen LogP contribution is -1.95. The van der Waals surface area contributed by atoms with Crippen molar-refractivity contribution in [3.05, 3.63) is 36.1 Å². The minimum Gasteiger partial charge on any atom is -0.494 e. The molecule has 0 fully saturated rings. The fourth-order valence-electron chi connectivity index (χ4n) is 1.11. The van der Waals surface area contributed by atoms with Gasteiger partial charge in [-0.25, -0.2) is 0 Å². The normalized spacial score (nSPS) is 10.6. The summed E-state index contributed by atoms with van der Waals surface area (Å²) in [6, 6.07) is 0. The minimum atomic E-state index is 0.679. The van der Waals surface area contributed by atoms with Crippen molar-refractivity contribution in [1.29, 1.82) is 0 Å². The Labute approximate surface area is 89.2 Å². The van der Waals surface area contributed by atoms with Gasteiger partial charge in [0.1, 0.15) is 5.76 Å². The molecule has 0 saturated carbocycles. The van der Waals surface area contributed by atoms with Crippen LogP contribution in [0.25, 0.3) is 0 Å². The maximum atomic E-state index is 5.41. The molecule has 0 aliphatic heterocycles. The summed E-state index contributed by atoms with van der Waals surface area (Å²) in [5.41, 5.74) is 2.22. The van der Waals surface area contributed by atoms with Gasteiger partial charge >= 0.3 is 0 Å². The summed E-state index contributed by atoms with van der Waals surface area (Å²) in [7, 11) is 0. The van der Waals surface area contributed by atoms with Gasteiger partial charge in [0.05, 0.1) is 6.61 Å². The van der Waals surface area contributed by atoms with Crippen LogP contribution in [0.3, 0.4) is 0 Å². The van der Waals surface area contributed by atoms with E-state index in [1.54, 1.807) is 6.08 Å². The lowest BCUT2D eigenvalue weighted by atomic mass is 10.1. The second kappa shape index (κ2) is 10.1. The van der Waals surface area contributed by atoms with Crippen molar-refractivity contribution in [2.45, 2.75) is 41.0 Å². The molecule has 0 aliphatic carbocycles. The van der Waals surface area contributed by atoms with Gasteiger partial charge in [-0.1, -0.05) is 39.5 Å². The quantitative estimate of drug-likeness (QED) is 0.465. The molecule has 0 saturated heterocycles. The van der Waals surface area contributed by atoms with E-state index in [1.165, 1.54) is 0 Å². The highest BCUT2D eigenvalue weighted by molar-refractivity contribution is 5.33. The van der Waals surface area contributed by atoms with Crippen LogP contribution in [0.5, 0.6) is 0 Å². The van der Waals surface area contributed by atoms with E-state index in [2.05, 4.69) is 20.1 Å². The number of allylic oxidation sites excluding steroid dienone is 3. The van der Waals surface area contributed by atoms with Gasteiger partial charge in [0.15, 0.2) is 0 Å². The maximum Gasteiger partial charge on any atom is 0.122 e. The summed E-state index contributed by atoms with van der Waals surface area (Å²) < 4.78 is 5.41. The number of hydrogen-bond acceptors (Lipinski definition) is 1. The highest BCUT2D eigenvalue weighted by Crippen LogP contribution is 2.18. The first-order chi connectivity index (χ1) is 6.67. The van der Waals surface area contributed by atoms with Crippen LogP contribution in [0, 0.1) is 0 Å². The molecule has 0 radical (unpaired) electrons. The molecule has 0 spiro atoms. The predicted octanol–water partition coefficient (Wildman–Crippen LogP) is 4.48. The molecule has 0 rings (SSSR count). The van der Waals surface area contributed by atoms with Gasteiger partial charge in [0.25, 0.3) is 0 Å². The molecule has 0 heterocycles. The molecule has 1 heteroatoms. The first-order valence-electron chi connectivity index (χ1n) is 5.31. The van der Waals surface area contributed by atoms with E-state index in [4.69, 9.17) is 4.74 Å². The topological polar surface area (TPSA) is 9.23 Å². The third-order valence-electron chi connectivity index (χ3n) is 1.65. The molecule has 0 bridgehead atoms. The Balaban J connectivity index is 0. The number of hydrogen-bond donors (Lipinski definition) is 0. The van der Waals surface area contributed by atoms with E-state index in [0.29, 0.717) is 6.61 Å². The molecule has 14 heavy (non-hydrogen) atoms. The highest BCUT2D eigenvalue weighted by atomic mass is 16.5. The maximum absolute atomic E-state index is 5.41. The summed E-state index contributed by atoms with van der Waals surface area (Å²) in [5, 5.41) is 0. The van der Waals surface area contributed by atoms with Gasteiger partial charge in [-0.05, 0) is 31.9 Å². The van der Waals surface area contributed by atoms with Crippen LogP contribution in [-0.2, 0) is 4.74 Å². The lowest BCUT2D eigenvalue weighted by Gasteiger charge is -2.10. The lowest BCUT2D eigenvalue weighted by molar-refractivity contribution is 0.239. The fraction of sp³-hybridized carbons (Fsp3) is 0.538. The van der Waals surface area contributed by atoms with Gasteiger partial charge < -0.3 is 4.74 Å². The third kappa shape index (κ3) is 5.63. The predicted molar refractivity (Wildman–Crippen MR) is 65.3 cm³/mol. The van der Waals surface area contributed by atoms with E-state index in [0.717, 1.165) is 23.3 Å². The van der Waals surface area contributed by atoms with Crippen LogP contribution in [0.15, 0.2) is 36.1 Å². The Morgan fingerprint density at radius 1 is 1.29 bits per heavy atom. The van der Waals surface area contributed by atoms with Crippen molar-refractivity contribution < 1.29 is 4.74 Å². The number of ether oxygens (including phenoxy) is 1. The van der Waals surface area contributed by atoms with Gasteiger partial charge in [0.2, 0.25) is 0 Å². The second-order valence-electron chi connectivity index (χ2n) is 2.61. The molecule has 0 unspecified atom stereocenters. The van der Waals surface area contributed by atoms with E-state index in [1.807, 2.05) is 27.7 Å². The fourth-order valence-corrected chi connectivity index (χ4v) is 1.11. The van der Waals surface area contributed by atoms with Gasteiger partial charge in [-0.3, -0.25) is 0 Å². The van der Waals surface area contributed by atoms with E-state index in [-0.39, 0.29) is 0 Å². The molecule has 0 aromatic heterocycles. The van der Waals surface area contributed by atoms with Crippen molar-refractivity contribution in [1.82, 2.24) is 0 Å². The molecule has 1 nitrogen and oxygen atoms in total. The third-order valence-corrected chi connectivity index (χ3v) is 1.65. The second-order valence-corrected chi connectivity index (χ2v) is 2.61. The Morgan fingerprint density at radius 3 is 2.00 bits per heavy atom. The minimum absolute atomic E-state index is 0.679. The molecular weight excluding hydrogens is 172 g/mol. The Kier molecular flexibility index (Phi) is 11.2. The molecule has 82 valence electrons. The summed E-state index contributed by atoms with van der Waals surface area (Å²) >= 11 is 0. The summed E-state index contributed by atoms with van der Waals surface area (Å²) in [6.07, 6.45) is 2.69. The van der Waals surface area contributed by atoms with Crippen LogP contribution < -0.4 is 0 Å². The molecule has 0 atom stereocenters. The smallest absolute Gasteiger partial charge is 0.122 e. The molecule has 0 amide bonds. The van der Waals surface area contributed by atoms with Gasteiger partial charge in [0, 0.05) is 0 Å². The van der Waals surface area contributed by atoms with Crippen LogP contribution >= 0.6 is 0 Å². The zero-order chi connectivity index (χ0) is 11.6. The molecule has 0 aromatic rings. The van der Waals surface area contributed by atoms with Crippen LogP contribution in [-0.4, -0.2) is 6.61 Å². The average molecular weight is 196 g/mol. The zero-order valence-corrected chi connectivity index (χ0v) is 10.3. The molecular formula is C13H24O. The largest absolute Gasteiger partial charge is 0.494 e. The summed E-state index contributed by atoms with van der Waals surface area (Å²) in [5.74, 6) is 0.868. The standard InChI is InChI=1S/C11H18O.C2H6/c1-6-10(9(4)5)11(7-2)12-8-3;1-2/h7H,2,4,6,8H2,1,3,5H3;1-2H3/b11-10+;. The Hall–Kier alpha value is -0.980. The van der Waals surface area contributed by atoms with Crippen molar-refractivity contribution in [3.8, 4) is 0 Å². The van der Waals surface area contributed by atoms with Crippen LogP contribution in [0.1, 0.15) is 41.0 Å². The SMILES string of the molecule is C=C/C(OCC)=C(/CC)C(=C)C.CC. The summed E-state index contributed by atoms with van der Waals surface area (Å²) in [6.45, 7) is 18.3. The first-order valence-corrected chi connectivity index (χ1v) is 5.31.